The highest BCUT2D eigenvalue weighted by atomic mass is 32.2. The van der Waals surface area contributed by atoms with Gasteiger partial charge in [0.15, 0.2) is 0 Å². The first-order valence-corrected chi connectivity index (χ1v) is 9.38. The van der Waals surface area contributed by atoms with Gasteiger partial charge in [-0.1, -0.05) is 12.1 Å². The molecular formula is C18H27NO2S. The van der Waals surface area contributed by atoms with Gasteiger partial charge in [0.1, 0.15) is 24.2 Å². The van der Waals surface area contributed by atoms with Gasteiger partial charge in [0, 0.05) is 17.0 Å². The van der Waals surface area contributed by atoms with Crippen LogP contribution < -0.4 is 4.74 Å². The molecule has 0 bridgehead atoms. The van der Waals surface area contributed by atoms with Gasteiger partial charge in [0.25, 0.3) is 0 Å². The first-order valence-electron chi connectivity index (χ1n) is 8.16. The van der Waals surface area contributed by atoms with E-state index in [1.807, 2.05) is 12.1 Å². The van der Waals surface area contributed by atoms with E-state index in [2.05, 4.69) is 44.1 Å². The van der Waals surface area contributed by atoms with Gasteiger partial charge in [0.2, 0.25) is 0 Å². The summed E-state index contributed by atoms with van der Waals surface area (Å²) >= 11 is 1.72. The van der Waals surface area contributed by atoms with Crippen LogP contribution in [0.15, 0.2) is 29.2 Å². The van der Waals surface area contributed by atoms with Gasteiger partial charge >= 0.3 is 0 Å². The van der Waals surface area contributed by atoms with E-state index in [1.54, 1.807) is 11.8 Å². The van der Waals surface area contributed by atoms with E-state index >= 15 is 0 Å². The number of hydrogen-bond acceptors (Lipinski definition) is 4. The molecule has 0 radical (unpaired) electrons. The number of ether oxygens (including phenoxy) is 2. The zero-order chi connectivity index (χ0) is 15.8. The second-order valence-corrected chi connectivity index (χ2v) is 8.00. The molecular weight excluding hydrogens is 294 g/mol. The number of benzene rings is 1. The summed E-state index contributed by atoms with van der Waals surface area (Å²) in [4.78, 5) is 3.72. The molecule has 2 aliphatic rings. The van der Waals surface area contributed by atoms with E-state index in [9.17, 15) is 0 Å². The summed E-state index contributed by atoms with van der Waals surface area (Å²) in [6.07, 6.45) is 5.83. The summed E-state index contributed by atoms with van der Waals surface area (Å²) in [6, 6.07) is 8.22. The fourth-order valence-electron chi connectivity index (χ4n) is 3.93. The molecule has 0 N–H and O–H groups in total. The Morgan fingerprint density at radius 1 is 1.27 bits per heavy atom. The maximum absolute atomic E-state index is 6.38. The van der Waals surface area contributed by atoms with Crippen molar-refractivity contribution in [2.75, 3.05) is 19.4 Å². The summed E-state index contributed by atoms with van der Waals surface area (Å²) in [5, 5.41) is 0. The summed E-state index contributed by atoms with van der Waals surface area (Å²) in [5.41, 5.74) is 0.105. The van der Waals surface area contributed by atoms with Crippen molar-refractivity contribution in [3.8, 4) is 5.75 Å². The Morgan fingerprint density at radius 3 is 2.77 bits per heavy atom. The summed E-state index contributed by atoms with van der Waals surface area (Å²) in [7, 11) is 0. The molecule has 0 aliphatic carbocycles. The van der Waals surface area contributed by atoms with E-state index in [0.717, 1.165) is 18.7 Å². The highest BCUT2D eigenvalue weighted by Gasteiger charge is 2.51. The number of thioether (sulfide) groups is 1. The number of hydrogen-bond donors (Lipinski definition) is 0. The van der Waals surface area contributed by atoms with Crippen molar-refractivity contribution in [3.05, 3.63) is 24.3 Å². The van der Waals surface area contributed by atoms with E-state index in [1.165, 1.54) is 17.7 Å². The topological polar surface area (TPSA) is 21.7 Å². The lowest BCUT2D eigenvalue weighted by atomic mass is 9.85. The van der Waals surface area contributed by atoms with Crippen LogP contribution in [0, 0.1) is 0 Å². The molecule has 4 heteroatoms. The fourth-order valence-corrected chi connectivity index (χ4v) is 4.47. The van der Waals surface area contributed by atoms with Gasteiger partial charge in [-0.2, -0.15) is 0 Å². The molecule has 0 spiro atoms. The molecule has 3 nitrogen and oxygen atoms in total. The lowest BCUT2D eigenvalue weighted by Gasteiger charge is -2.48. The van der Waals surface area contributed by atoms with E-state index in [0.29, 0.717) is 6.61 Å². The molecule has 0 saturated carbocycles. The van der Waals surface area contributed by atoms with Crippen LogP contribution in [0.3, 0.4) is 0 Å². The predicted molar refractivity (Wildman–Crippen MR) is 91.6 cm³/mol. The summed E-state index contributed by atoms with van der Waals surface area (Å²) in [6.45, 7) is 8.49. The minimum atomic E-state index is -0.116. The first kappa shape index (κ1) is 16.2. The fraction of sp³-hybridized carbons (Fsp3) is 0.667. The Hall–Kier alpha value is -0.710. The standard InChI is InChI=1S/C18H27NO2S/c1-17(2)10-7-11-18(3)19(17)12-14(21-18)13-20-15-8-5-6-9-16(15)22-4/h5-6,8-9,14H,7,10-13H2,1-4H3. The molecule has 2 saturated heterocycles. The number of rotatable bonds is 4. The molecule has 1 aromatic rings. The van der Waals surface area contributed by atoms with E-state index in [-0.39, 0.29) is 17.4 Å². The van der Waals surface area contributed by atoms with Crippen LogP contribution in [0.4, 0.5) is 0 Å². The predicted octanol–water partition coefficient (Wildman–Crippen LogP) is 4.17. The molecule has 3 rings (SSSR count). The summed E-state index contributed by atoms with van der Waals surface area (Å²) in [5.74, 6) is 0.966. The molecule has 122 valence electrons. The Morgan fingerprint density at radius 2 is 2.05 bits per heavy atom. The number of nitrogens with zero attached hydrogens (tertiary/aromatic N) is 1. The largest absolute Gasteiger partial charge is 0.490 e. The van der Waals surface area contributed by atoms with Crippen LogP contribution in [-0.2, 0) is 4.74 Å². The smallest absolute Gasteiger partial charge is 0.132 e. The van der Waals surface area contributed by atoms with Crippen molar-refractivity contribution in [2.45, 2.75) is 62.3 Å². The minimum absolute atomic E-state index is 0.116. The molecule has 2 fully saturated rings. The first-order chi connectivity index (χ1) is 10.4. The van der Waals surface area contributed by atoms with Crippen LogP contribution >= 0.6 is 11.8 Å². The van der Waals surface area contributed by atoms with E-state index in [4.69, 9.17) is 9.47 Å². The third kappa shape index (κ3) is 3.01. The van der Waals surface area contributed by atoms with Crippen molar-refractivity contribution in [2.24, 2.45) is 0 Å². The average molecular weight is 321 g/mol. The zero-order valence-electron chi connectivity index (χ0n) is 14.1. The quantitative estimate of drug-likeness (QED) is 0.776. The highest BCUT2D eigenvalue weighted by Crippen LogP contribution is 2.43. The highest BCUT2D eigenvalue weighted by molar-refractivity contribution is 7.98. The Kier molecular flexibility index (Phi) is 4.45. The van der Waals surface area contributed by atoms with Gasteiger partial charge in [-0.3, -0.25) is 4.90 Å². The maximum Gasteiger partial charge on any atom is 0.132 e. The van der Waals surface area contributed by atoms with Crippen molar-refractivity contribution in [1.82, 2.24) is 4.90 Å². The number of para-hydroxylation sites is 1. The van der Waals surface area contributed by atoms with Crippen molar-refractivity contribution >= 4 is 11.8 Å². The third-order valence-corrected chi connectivity index (χ3v) is 5.81. The lowest BCUT2D eigenvalue weighted by molar-refractivity contribution is -0.148. The number of piperidine rings is 1. The minimum Gasteiger partial charge on any atom is -0.490 e. The van der Waals surface area contributed by atoms with Gasteiger partial charge in [-0.05, 0) is 58.4 Å². The molecule has 2 atom stereocenters. The summed E-state index contributed by atoms with van der Waals surface area (Å²) < 4.78 is 12.4. The van der Waals surface area contributed by atoms with Crippen LogP contribution in [0.5, 0.6) is 5.75 Å². The van der Waals surface area contributed by atoms with Crippen molar-refractivity contribution in [1.29, 1.82) is 0 Å². The molecule has 1 aromatic carbocycles. The Bertz CT molecular complexity index is 534. The third-order valence-electron chi connectivity index (χ3n) is 5.03. The monoisotopic (exact) mass is 321 g/mol. The van der Waals surface area contributed by atoms with Crippen LogP contribution in [0.25, 0.3) is 0 Å². The van der Waals surface area contributed by atoms with Gasteiger partial charge < -0.3 is 9.47 Å². The molecule has 0 aromatic heterocycles. The van der Waals surface area contributed by atoms with Crippen LogP contribution in [0.1, 0.15) is 40.0 Å². The second kappa shape index (κ2) is 6.06. The zero-order valence-corrected chi connectivity index (χ0v) is 14.9. The maximum atomic E-state index is 6.38. The van der Waals surface area contributed by atoms with Crippen LogP contribution in [-0.4, -0.2) is 41.7 Å². The van der Waals surface area contributed by atoms with Crippen molar-refractivity contribution < 1.29 is 9.47 Å². The molecule has 22 heavy (non-hydrogen) atoms. The van der Waals surface area contributed by atoms with Crippen molar-refractivity contribution in [3.63, 3.8) is 0 Å². The molecule has 2 aliphatic heterocycles. The molecule has 2 unspecified atom stereocenters. The van der Waals surface area contributed by atoms with Crippen LogP contribution in [0.2, 0.25) is 0 Å². The van der Waals surface area contributed by atoms with E-state index < -0.39 is 0 Å². The normalized spacial score (nSPS) is 31.0. The van der Waals surface area contributed by atoms with Gasteiger partial charge in [-0.15, -0.1) is 11.8 Å². The average Bonchev–Trinajstić information content (AvgIpc) is 2.83. The second-order valence-electron chi connectivity index (χ2n) is 7.15. The molecule has 0 amide bonds. The SMILES string of the molecule is CSc1ccccc1OCC1CN2C(C)(C)CCCC2(C)O1. The molecule has 2 heterocycles. The van der Waals surface area contributed by atoms with Gasteiger partial charge in [0.05, 0.1) is 0 Å². The Balaban J connectivity index is 1.66. The lowest BCUT2D eigenvalue weighted by Crippen LogP contribution is -2.56. The number of fused-ring (bicyclic) bond motifs is 1. The Labute approximate surface area is 138 Å². The van der Waals surface area contributed by atoms with Gasteiger partial charge in [-0.25, -0.2) is 0 Å².